The summed E-state index contributed by atoms with van der Waals surface area (Å²) in [5.41, 5.74) is 0.760. The monoisotopic (exact) mass is 261 g/mol. The molecule has 0 unspecified atom stereocenters. The molecule has 0 aliphatic rings. The van der Waals surface area contributed by atoms with Crippen LogP contribution >= 0.6 is 0 Å². The molecule has 0 heterocycles. The fourth-order valence-electron chi connectivity index (χ4n) is 1.80. The van der Waals surface area contributed by atoms with Crippen molar-refractivity contribution < 1.29 is 13.6 Å². The average molecular weight is 261 g/mol. The van der Waals surface area contributed by atoms with Gasteiger partial charge >= 0.3 is 0 Å². The number of halogens is 2. The molecule has 0 fully saturated rings. The number of carbonyl (C=O) groups excluding carboxylic acids is 1. The molecule has 2 rings (SSSR count). The fraction of sp³-hybridized carbons (Fsp3) is 0.133. The topological polar surface area (TPSA) is 20.3 Å². The van der Waals surface area contributed by atoms with Gasteiger partial charge in [0.15, 0.2) is 0 Å². The molecule has 4 heteroatoms. The first-order chi connectivity index (χ1) is 9.00. The van der Waals surface area contributed by atoms with Crippen molar-refractivity contribution in [2.75, 3.05) is 11.9 Å². The minimum Gasteiger partial charge on any atom is -0.311 e. The second-order valence-corrected chi connectivity index (χ2v) is 4.28. The molecule has 0 spiro atoms. The summed E-state index contributed by atoms with van der Waals surface area (Å²) in [6.07, 6.45) is 0. The van der Waals surface area contributed by atoms with Gasteiger partial charge in [-0.2, -0.15) is 0 Å². The van der Waals surface area contributed by atoms with Crippen LogP contribution in [0.25, 0.3) is 0 Å². The van der Waals surface area contributed by atoms with E-state index in [-0.39, 0.29) is 5.56 Å². The summed E-state index contributed by atoms with van der Waals surface area (Å²) < 4.78 is 27.0. The Morgan fingerprint density at radius 1 is 1.11 bits per heavy atom. The first-order valence-electron chi connectivity index (χ1n) is 5.79. The third-order valence-electron chi connectivity index (χ3n) is 2.92. The summed E-state index contributed by atoms with van der Waals surface area (Å²) >= 11 is 0. The van der Waals surface area contributed by atoms with E-state index in [0.717, 1.165) is 0 Å². The molecular formula is C15H13F2NO. The molecule has 98 valence electrons. The Hall–Kier alpha value is -2.23. The van der Waals surface area contributed by atoms with Crippen LogP contribution in [0.3, 0.4) is 0 Å². The minimum atomic E-state index is -0.546. The number of hydrogen-bond donors (Lipinski definition) is 0. The van der Waals surface area contributed by atoms with Crippen molar-refractivity contribution in [2.24, 2.45) is 0 Å². The van der Waals surface area contributed by atoms with Gasteiger partial charge in [0.25, 0.3) is 5.91 Å². The van der Waals surface area contributed by atoms with Gasteiger partial charge in [0.2, 0.25) is 0 Å². The van der Waals surface area contributed by atoms with E-state index in [0.29, 0.717) is 11.3 Å². The molecule has 0 bridgehead atoms. The Bertz CT molecular complexity index is 625. The molecule has 19 heavy (non-hydrogen) atoms. The van der Waals surface area contributed by atoms with Gasteiger partial charge in [-0.3, -0.25) is 4.79 Å². The van der Waals surface area contributed by atoms with Gasteiger partial charge in [0, 0.05) is 12.7 Å². The molecular weight excluding hydrogens is 248 g/mol. The lowest BCUT2D eigenvalue weighted by atomic mass is 10.1. The van der Waals surface area contributed by atoms with E-state index in [2.05, 4.69) is 0 Å². The van der Waals surface area contributed by atoms with E-state index in [1.165, 1.54) is 36.2 Å². The van der Waals surface area contributed by atoms with Gasteiger partial charge in [-0.15, -0.1) is 0 Å². The van der Waals surface area contributed by atoms with E-state index in [1.54, 1.807) is 25.1 Å². The van der Waals surface area contributed by atoms with Crippen molar-refractivity contribution in [3.63, 3.8) is 0 Å². The number of carbonyl (C=O) groups is 1. The van der Waals surface area contributed by atoms with Crippen LogP contribution in [-0.4, -0.2) is 13.0 Å². The standard InChI is InChI=1S/C15H13F2NO/c1-10-5-3-8-13(14(10)17)15(19)18(2)12-7-4-6-11(16)9-12/h3-9H,1-2H3. The number of benzene rings is 2. The van der Waals surface area contributed by atoms with Gasteiger partial charge in [-0.25, -0.2) is 8.78 Å². The third-order valence-corrected chi connectivity index (χ3v) is 2.92. The first-order valence-corrected chi connectivity index (χ1v) is 5.79. The number of amides is 1. The lowest BCUT2D eigenvalue weighted by Crippen LogP contribution is -2.27. The predicted molar refractivity (Wildman–Crippen MR) is 70.3 cm³/mol. The summed E-state index contributed by atoms with van der Waals surface area (Å²) in [4.78, 5) is 13.4. The number of nitrogens with zero attached hydrogens (tertiary/aromatic N) is 1. The van der Waals surface area contributed by atoms with Crippen LogP contribution < -0.4 is 4.90 Å². The van der Waals surface area contributed by atoms with E-state index in [9.17, 15) is 13.6 Å². The molecule has 0 N–H and O–H groups in total. The van der Waals surface area contributed by atoms with Gasteiger partial charge in [-0.1, -0.05) is 18.2 Å². The Morgan fingerprint density at radius 3 is 2.47 bits per heavy atom. The quantitative estimate of drug-likeness (QED) is 0.809. The number of aryl methyl sites for hydroxylation is 1. The van der Waals surface area contributed by atoms with Crippen molar-refractivity contribution in [1.29, 1.82) is 0 Å². The van der Waals surface area contributed by atoms with Crippen molar-refractivity contribution in [1.82, 2.24) is 0 Å². The molecule has 0 radical (unpaired) electrons. The van der Waals surface area contributed by atoms with Crippen molar-refractivity contribution in [2.45, 2.75) is 6.92 Å². The predicted octanol–water partition coefficient (Wildman–Crippen LogP) is 3.55. The largest absolute Gasteiger partial charge is 0.311 e. The molecule has 2 aromatic carbocycles. The van der Waals surface area contributed by atoms with Crippen LogP contribution in [0.2, 0.25) is 0 Å². The molecule has 0 atom stereocenters. The summed E-state index contributed by atoms with van der Waals surface area (Å²) in [5, 5.41) is 0. The van der Waals surface area contributed by atoms with Crippen LogP contribution in [-0.2, 0) is 0 Å². The molecule has 1 amide bonds. The highest BCUT2D eigenvalue weighted by Crippen LogP contribution is 2.19. The lowest BCUT2D eigenvalue weighted by molar-refractivity contribution is 0.0989. The Labute approximate surface area is 110 Å². The van der Waals surface area contributed by atoms with Gasteiger partial charge in [-0.05, 0) is 36.8 Å². The van der Waals surface area contributed by atoms with Crippen molar-refractivity contribution in [3.05, 3.63) is 65.2 Å². The zero-order valence-corrected chi connectivity index (χ0v) is 10.7. The summed E-state index contributed by atoms with van der Waals surface area (Å²) in [6.45, 7) is 1.59. The maximum absolute atomic E-state index is 13.9. The Balaban J connectivity index is 2.36. The first kappa shape index (κ1) is 13.2. The zero-order valence-electron chi connectivity index (χ0n) is 10.7. The van der Waals surface area contributed by atoms with Crippen LogP contribution in [0.5, 0.6) is 0 Å². The molecule has 0 saturated heterocycles. The molecule has 2 aromatic rings. The number of hydrogen-bond acceptors (Lipinski definition) is 1. The highest BCUT2D eigenvalue weighted by molar-refractivity contribution is 6.06. The fourth-order valence-corrected chi connectivity index (χ4v) is 1.80. The SMILES string of the molecule is Cc1cccc(C(=O)N(C)c2cccc(F)c2)c1F. The van der Waals surface area contributed by atoms with Gasteiger partial charge in [0.1, 0.15) is 11.6 Å². The summed E-state index contributed by atoms with van der Waals surface area (Å²) in [5.74, 6) is -1.50. The second kappa shape index (κ2) is 5.18. The van der Waals surface area contributed by atoms with Crippen molar-refractivity contribution >= 4 is 11.6 Å². The van der Waals surface area contributed by atoms with Gasteiger partial charge in [0.05, 0.1) is 5.56 Å². The van der Waals surface area contributed by atoms with E-state index < -0.39 is 17.5 Å². The molecule has 0 aromatic heterocycles. The van der Waals surface area contributed by atoms with E-state index in [4.69, 9.17) is 0 Å². The normalized spacial score (nSPS) is 10.3. The van der Waals surface area contributed by atoms with Crippen molar-refractivity contribution in [3.8, 4) is 0 Å². The smallest absolute Gasteiger partial charge is 0.260 e. The zero-order chi connectivity index (χ0) is 14.0. The summed E-state index contributed by atoms with van der Waals surface area (Å²) in [7, 11) is 1.48. The van der Waals surface area contributed by atoms with Crippen LogP contribution in [0.4, 0.5) is 14.5 Å². The maximum Gasteiger partial charge on any atom is 0.260 e. The molecule has 0 saturated carbocycles. The molecule has 0 aliphatic carbocycles. The van der Waals surface area contributed by atoms with Crippen LogP contribution in [0.15, 0.2) is 42.5 Å². The highest BCUT2D eigenvalue weighted by atomic mass is 19.1. The lowest BCUT2D eigenvalue weighted by Gasteiger charge is -2.18. The van der Waals surface area contributed by atoms with Crippen LogP contribution in [0.1, 0.15) is 15.9 Å². The molecule has 0 aliphatic heterocycles. The number of rotatable bonds is 2. The van der Waals surface area contributed by atoms with Crippen LogP contribution in [0, 0.1) is 18.6 Å². The average Bonchev–Trinajstić information content (AvgIpc) is 2.40. The third kappa shape index (κ3) is 2.62. The summed E-state index contributed by atoms with van der Waals surface area (Å²) in [6, 6.07) is 10.2. The second-order valence-electron chi connectivity index (χ2n) is 4.28. The molecule has 2 nitrogen and oxygen atoms in total. The number of anilines is 1. The minimum absolute atomic E-state index is 0.0215. The maximum atomic E-state index is 13.9. The van der Waals surface area contributed by atoms with E-state index in [1.807, 2.05) is 0 Å². The highest BCUT2D eigenvalue weighted by Gasteiger charge is 2.18. The van der Waals surface area contributed by atoms with E-state index >= 15 is 0 Å². The Morgan fingerprint density at radius 2 is 1.79 bits per heavy atom. The van der Waals surface area contributed by atoms with Gasteiger partial charge < -0.3 is 4.90 Å². The Kier molecular flexibility index (Phi) is 3.60.